The number of benzene rings is 4. The number of aliphatic hydroxyl groups excluding tert-OH is 1. The fraction of sp³-hybridized carbons (Fsp3) is 0.311. The third kappa shape index (κ3) is 9.27. The SMILES string of the molecule is C=CCO[C@@H]1[C@@H](O)[C@@H](COC(c2ccccc2)(c2ccc(OC)cc2)c2ccc(OC)cc2)O[C@H]1n1ccc(NC(=O)COc2ccc(C(C)(C)C)cc2)nc1=O. The lowest BCUT2D eigenvalue weighted by atomic mass is 9.80. The largest absolute Gasteiger partial charge is 0.497 e. The van der Waals surface area contributed by atoms with E-state index in [2.05, 4.69) is 37.7 Å². The van der Waals surface area contributed by atoms with Crippen molar-refractivity contribution in [3.05, 3.63) is 161 Å². The van der Waals surface area contributed by atoms with E-state index in [-0.39, 0.29) is 31.1 Å². The number of aromatic nitrogens is 2. The van der Waals surface area contributed by atoms with Crippen molar-refractivity contribution in [2.24, 2.45) is 0 Å². The summed E-state index contributed by atoms with van der Waals surface area (Å²) < 4.78 is 37.2. The number of amides is 1. The zero-order valence-electron chi connectivity index (χ0n) is 32.8. The van der Waals surface area contributed by atoms with Crippen LogP contribution < -0.4 is 25.2 Å². The van der Waals surface area contributed by atoms with Crippen LogP contribution >= 0.6 is 0 Å². The van der Waals surface area contributed by atoms with Crippen molar-refractivity contribution in [1.29, 1.82) is 0 Å². The molecule has 0 unspecified atom stereocenters. The third-order valence-electron chi connectivity index (χ3n) is 9.82. The van der Waals surface area contributed by atoms with Gasteiger partial charge in [-0.1, -0.05) is 93.6 Å². The van der Waals surface area contributed by atoms with E-state index in [1.165, 1.54) is 16.8 Å². The van der Waals surface area contributed by atoms with Crippen molar-refractivity contribution in [2.75, 3.05) is 39.4 Å². The number of hydrogen-bond donors (Lipinski definition) is 2. The molecule has 298 valence electrons. The molecule has 1 amide bonds. The average Bonchev–Trinajstić information content (AvgIpc) is 3.53. The summed E-state index contributed by atoms with van der Waals surface area (Å²) >= 11 is 0. The van der Waals surface area contributed by atoms with Crippen LogP contribution in [0.4, 0.5) is 5.82 Å². The maximum atomic E-state index is 13.5. The summed E-state index contributed by atoms with van der Waals surface area (Å²) in [6.07, 6.45) is -1.29. The molecule has 1 fully saturated rings. The van der Waals surface area contributed by atoms with Crippen molar-refractivity contribution in [3.63, 3.8) is 0 Å². The van der Waals surface area contributed by atoms with E-state index >= 15 is 0 Å². The first-order valence-corrected chi connectivity index (χ1v) is 18.6. The smallest absolute Gasteiger partial charge is 0.351 e. The van der Waals surface area contributed by atoms with Gasteiger partial charge in [0.1, 0.15) is 47.0 Å². The van der Waals surface area contributed by atoms with Gasteiger partial charge in [-0.2, -0.15) is 4.98 Å². The fourth-order valence-corrected chi connectivity index (χ4v) is 6.78. The summed E-state index contributed by atoms with van der Waals surface area (Å²) in [5.74, 6) is 1.43. The van der Waals surface area contributed by atoms with E-state index < -0.39 is 41.7 Å². The molecule has 2 N–H and O–H groups in total. The van der Waals surface area contributed by atoms with Gasteiger partial charge in [-0.3, -0.25) is 9.36 Å². The molecule has 1 aromatic heterocycles. The molecule has 1 saturated heterocycles. The predicted octanol–water partition coefficient (Wildman–Crippen LogP) is 6.41. The summed E-state index contributed by atoms with van der Waals surface area (Å²) in [5, 5.41) is 14.3. The Morgan fingerprint density at radius 3 is 1.95 bits per heavy atom. The molecule has 57 heavy (non-hydrogen) atoms. The maximum absolute atomic E-state index is 13.5. The molecule has 2 heterocycles. The predicted molar refractivity (Wildman–Crippen MR) is 216 cm³/mol. The van der Waals surface area contributed by atoms with Crippen LogP contribution in [0.3, 0.4) is 0 Å². The Bertz CT molecular complexity index is 2100. The summed E-state index contributed by atoms with van der Waals surface area (Å²) in [4.78, 5) is 30.3. The van der Waals surface area contributed by atoms with E-state index in [4.69, 9.17) is 28.4 Å². The highest BCUT2D eigenvalue weighted by Crippen LogP contribution is 2.43. The van der Waals surface area contributed by atoms with Crippen LogP contribution in [-0.4, -0.2) is 72.9 Å². The van der Waals surface area contributed by atoms with Crippen LogP contribution in [-0.2, 0) is 30.0 Å². The second-order valence-electron chi connectivity index (χ2n) is 14.6. The van der Waals surface area contributed by atoms with Crippen LogP contribution in [0.1, 0.15) is 49.3 Å². The number of ether oxygens (including phenoxy) is 6. The zero-order valence-corrected chi connectivity index (χ0v) is 32.8. The van der Waals surface area contributed by atoms with Gasteiger partial charge in [0.25, 0.3) is 5.91 Å². The Labute approximate surface area is 332 Å². The Kier molecular flexibility index (Phi) is 12.9. The van der Waals surface area contributed by atoms with Crippen molar-refractivity contribution < 1.29 is 38.3 Å². The molecule has 12 heteroatoms. The second-order valence-corrected chi connectivity index (χ2v) is 14.6. The molecule has 0 spiro atoms. The van der Waals surface area contributed by atoms with Gasteiger partial charge < -0.3 is 38.8 Å². The molecule has 6 rings (SSSR count). The quantitative estimate of drug-likeness (QED) is 0.0854. The van der Waals surface area contributed by atoms with Crippen LogP contribution in [0.2, 0.25) is 0 Å². The van der Waals surface area contributed by atoms with E-state index in [9.17, 15) is 14.7 Å². The number of rotatable bonds is 16. The molecule has 0 radical (unpaired) electrons. The maximum Gasteiger partial charge on any atom is 0.351 e. The standard InChI is InChI=1S/C45H49N3O9/c1-7-27-54-41-40(50)37(57-42(41)48-26-25-38(47-43(48)51)46-39(49)29-55-36-23-13-30(14-24-36)44(2,3)4)28-56-45(31-11-9-8-10-12-31,32-15-19-34(52-5)20-16-32)33-17-21-35(53-6)22-18-33/h7-26,37,40-42,50H,1,27-29H2,2-6H3,(H,46,47,49,51)/t37-,40+,41-,42-/m1/s1. The first-order valence-electron chi connectivity index (χ1n) is 18.6. The van der Waals surface area contributed by atoms with E-state index in [1.807, 2.05) is 103 Å². The Morgan fingerprint density at radius 1 is 0.842 bits per heavy atom. The topological polar surface area (TPSA) is 140 Å². The number of nitrogens with one attached hydrogen (secondary N) is 1. The zero-order chi connectivity index (χ0) is 40.6. The molecular weight excluding hydrogens is 727 g/mol. The summed E-state index contributed by atoms with van der Waals surface area (Å²) in [6, 6.07) is 33.9. The normalized spacial score (nSPS) is 18.1. The first-order chi connectivity index (χ1) is 27.5. The van der Waals surface area contributed by atoms with Crippen molar-refractivity contribution >= 4 is 11.7 Å². The van der Waals surface area contributed by atoms with Crippen molar-refractivity contribution in [3.8, 4) is 17.2 Å². The number of carbonyl (C=O) groups excluding carboxylic acids is 1. The van der Waals surface area contributed by atoms with Crippen LogP contribution in [0.5, 0.6) is 17.2 Å². The number of anilines is 1. The monoisotopic (exact) mass is 775 g/mol. The highest BCUT2D eigenvalue weighted by Gasteiger charge is 2.48. The molecule has 0 aliphatic carbocycles. The number of methoxy groups -OCH3 is 2. The molecule has 4 aromatic carbocycles. The number of nitrogens with zero attached hydrogens (tertiary/aromatic N) is 2. The Hall–Kier alpha value is -5.79. The van der Waals surface area contributed by atoms with Gasteiger partial charge in [-0.05, 0) is 70.1 Å². The van der Waals surface area contributed by atoms with Gasteiger partial charge >= 0.3 is 5.69 Å². The van der Waals surface area contributed by atoms with Gasteiger partial charge in [-0.25, -0.2) is 4.79 Å². The number of hydrogen-bond acceptors (Lipinski definition) is 10. The lowest BCUT2D eigenvalue weighted by Crippen LogP contribution is -2.40. The van der Waals surface area contributed by atoms with Gasteiger partial charge in [0.2, 0.25) is 0 Å². The molecule has 1 aliphatic rings. The average molecular weight is 776 g/mol. The highest BCUT2D eigenvalue weighted by molar-refractivity contribution is 5.90. The minimum absolute atomic E-state index is 0.0140. The molecule has 0 saturated carbocycles. The minimum atomic E-state index is -1.23. The van der Waals surface area contributed by atoms with Gasteiger partial charge in [0, 0.05) is 6.20 Å². The lowest BCUT2D eigenvalue weighted by Gasteiger charge is -2.37. The minimum Gasteiger partial charge on any atom is -0.497 e. The Morgan fingerprint density at radius 2 is 1.40 bits per heavy atom. The van der Waals surface area contributed by atoms with Gasteiger partial charge in [0.15, 0.2) is 12.8 Å². The number of aliphatic hydroxyl groups is 1. The van der Waals surface area contributed by atoms with Crippen molar-refractivity contribution in [2.45, 2.75) is 56.3 Å². The van der Waals surface area contributed by atoms with Crippen LogP contribution in [0, 0.1) is 0 Å². The van der Waals surface area contributed by atoms with Crippen LogP contribution in [0.25, 0.3) is 0 Å². The van der Waals surface area contributed by atoms with E-state index in [1.54, 1.807) is 20.3 Å². The molecular formula is C45H49N3O9. The third-order valence-corrected chi connectivity index (χ3v) is 9.82. The molecule has 0 bridgehead atoms. The van der Waals surface area contributed by atoms with Gasteiger partial charge in [0.05, 0.1) is 27.4 Å². The van der Waals surface area contributed by atoms with Gasteiger partial charge in [-0.15, -0.1) is 6.58 Å². The van der Waals surface area contributed by atoms with E-state index in [0.717, 1.165) is 22.3 Å². The summed E-state index contributed by atoms with van der Waals surface area (Å²) in [5.41, 5.74) is 1.63. The number of carbonyl (C=O) groups is 1. The summed E-state index contributed by atoms with van der Waals surface area (Å²) in [6.45, 7) is 9.77. The highest BCUT2D eigenvalue weighted by atomic mass is 16.6. The first kappa shape index (κ1) is 40.9. The second kappa shape index (κ2) is 18.0. The molecule has 5 aromatic rings. The van der Waals surface area contributed by atoms with Crippen molar-refractivity contribution in [1.82, 2.24) is 9.55 Å². The lowest BCUT2D eigenvalue weighted by molar-refractivity contribution is -0.118. The van der Waals surface area contributed by atoms with E-state index in [0.29, 0.717) is 17.2 Å². The fourth-order valence-electron chi connectivity index (χ4n) is 6.78. The Balaban J connectivity index is 1.23. The molecule has 12 nitrogen and oxygen atoms in total. The summed E-state index contributed by atoms with van der Waals surface area (Å²) in [7, 11) is 3.21. The molecule has 4 atom stereocenters. The van der Waals surface area contributed by atoms with Crippen LogP contribution in [0.15, 0.2) is 133 Å². The molecule has 1 aliphatic heterocycles.